The molecule has 1 heterocycles. The molecule has 0 bridgehead atoms. The second-order valence-corrected chi connectivity index (χ2v) is 3.71. The minimum absolute atomic E-state index is 0.168. The van der Waals surface area contributed by atoms with E-state index in [1.807, 2.05) is 11.8 Å². The van der Waals surface area contributed by atoms with Crippen LogP contribution in [0.5, 0.6) is 0 Å². The molecule has 0 atom stereocenters. The summed E-state index contributed by atoms with van der Waals surface area (Å²) in [5, 5.41) is 0.542. The lowest BCUT2D eigenvalue weighted by molar-refractivity contribution is -0.138. The number of carbonyl (C=O) groups excluding carboxylic acids is 1. The number of rotatable bonds is 5. The van der Waals surface area contributed by atoms with Crippen molar-refractivity contribution in [2.75, 3.05) is 25.1 Å². The van der Waals surface area contributed by atoms with Gasteiger partial charge in [0.1, 0.15) is 12.4 Å². The minimum atomic E-state index is -0.296. The molecule has 1 aromatic rings. The minimum Gasteiger partial charge on any atom is -0.468 e. The van der Waals surface area contributed by atoms with Crippen molar-refractivity contribution < 1.29 is 9.53 Å². The second-order valence-electron chi connectivity index (χ2n) is 3.31. The van der Waals surface area contributed by atoms with Gasteiger partial charge in [0, 0.05) is 12.7 Å². The zero-order valence-corrected chi connectivity index (χ0v) is 10.2. The van der Waals surface area contributed by atoms with E-state index in [-0.39, 0.29) is 12.5 Å². The molecule has 0 aliphatic carbocycles. The highest BCUT2D eigenvalue weighted by Gasteiger charge is 2.14. The van der Waals surface area contributed by atoms with E-state index in [1.165, 1.54) is 7.11 Å². The van der Waals surface area contributed by atoms with Crippen LogP contribution in [0.1, 0.15) is 13.3 Å². The number of esters is 1. The van der Waals surface area contributed by atoms with E-state index in [1.54, 1.807) is 18.3 Å². The average molecular weight is 243 g/mol. The molecule has 4 nitrogen and oxygen atoms in total. The van der Waals surface area contributed by atoms with Crippen LogP contribution in [-0.4, -0.2) is 31.2 Å². The maximum atomic E-state index is 11.2. The number of anilines is 1. The fraction of sp³-hybridized carbons (Fsp3) is 0.455. The summed E-state index contributed by atoms with van der Waals surface area (Å²) in [6, 6.07) is 3.51. The third kappa shape index (κ3) is 3.38. The quantitative estimate of drug-likeness (QED) is 0.742. The normalized spacial score (nSPS) is 9.94. The van der Waals surface area contributed by atoms with Crippen molar-refractivity contribution in [1.82, 2.24) is 4.98 Å². The van der Waals surface area contributed by atoms with Crippen molar-refractivity contribution in [2.24, 2.45) is 0 Å². The lowest BCUT2D eigenvalue weighted by Crippen LogP contribution is -2.32. The molecular weight excluding hydrogens is 228 g/mol. The summed E-state index contributed by atoms with van der Waals surface area (Å²) < 4.78 is 4.64. The summed E-state index contributed by atoms with van der Waals surface area (Å²) >= 11 is 6.03. The van der Waals surface area contributed by atoms with Gasteiger partial charge in [-0.25, -0.2) is 4.98 Å². The highest BCUT2D eigenvalue weighted by Crippen LogP contribution is 2.22. The van der Waals surface area contributed by atoms with Crippen molar-refractivity contribution in [3.05, 3.63) is 23.4 Å². The van der Waals surface area contributed by atoms with Crippen molar-refractivity contribution in [3.63, 3.8) is 0 Å². The van der Waals surface area contributed by atoms with Gasteiger partial charge in [-0.15, -0.1) is 0 Å². The number of aromatic nitrogens is 1. The van der Waals surface area contributed by atoms with Gasteiger partial charge in [0.15, 0.2) is 0 Å². The number of carbonyl (C=O) groups is 1. The van der Waals surface area contributed by atoms with Crippen molar-refractivity contribution >= 4 is 23.4 Å². The van der Waals surface area contributed by atoms with Crippen LogP contribution in [-0.2, 0) is 9.53 Å². The van der Waals surface area contributed by atoms with E-state index in [0.717, 1.165) is 6.42 Å². The Labute approximate surface area is 100 Å². The molecule has 0 fully saturated rings. The van der Waals surface area contributed by atoms with Crippen LogP contribution in [0.25, 0.3) is 0 Å². The van der Waals surface area contributed by atoms with Crippen LogP contribution >= 0.6 is 11.6 Å². The van der Waals surface area contributed by atoms with Gasteiger partial charge in [-0.1, -0.05) is 18.5 Å². The number of hydrogen-bond donors (Lipinski definition) is 0. The number of ether oxygens (including phenoxy) is 1. The van der Waals surface area contributed by atoms with E-state index in [0.29, 0.717) is 17.4 Å². The third-order valence-corrected chi connectivity index (χ3v) is 2.37. The number of halogens is 1. The lowest BCUT2D eigenvalue weighted by atomic mass is 10.3. The Balaban J connectivity index is 2.85. The van der Waals surface area contributed by atoms with Gasteiger partial charge >= 0.3 is 5.97 Å². The molecule has 16 heavy (non-hydrogen) atoms. The maximum Gasteiger partial charge on any atom is 0.325 e. The van der Waals surface area contributed by atoms with E-state index in [9.17, 15) is 4.79 Å². The average Bonchev–Trinajstić information content (AvgIpc) is 2.29. The molecular formula is C11H15ClN2O2. The summed E-state index contributed by atoms with van der Waals surface area (Å²) in [6.07, 6.45) is 2.56. The molecule has 0 amide bonds. The molecule has 0 aromatic carbocycles. The summed E-state index contributed by atoms with van der Waals surface area (Å²) in [5.74, 6) is 0.326. The fourth-order valence-corrected chi connectivity index (χ4v) is 1.60. The van der Waals surface area contributed by atoms with Crippen molar-refractivity contribution in [1.29, 1.82) is 0 Å². The van der Waals surface area contributed by atoms with Crippen LogP contribution in [0.4, 0.5) is 5.82 Å². The molecule has 0 spiro atoms. The molecule has 0 aliphatic rings. The predicted octanol–water partition coefficient (Wildman–Crippen LogP) is 2.12. The summed E-state index contributed by atoms with van der Waals surface area (Å²) in [4.78, 5) is 17.2. The topological polar surface area (TPSA) is 42.4 Å². The Morgan fingerprint density at radius 2 is 2.38 bits per heavy atom. The second kappa shape index (κ2) is 6.33. The highest BCUT2D eigenvalue weighted by atomic mass is 35.5. The highest BCUT2D eigenvalue weighted by molar-refractivity contribution is 6.32. The Morgan fingerprint density at radius 1 is 1.62 bits per heavy atom. The molecule has 5 heteroatoms. The van der Waals surface area contributed by atoms with Gasteiger partial charge in [0.05, 0.1) is 12.1 Å². The summed E-state index contributed by atoms with van der Waals surface area (Å²) in [7, 11) is 1.37. The first-order chi connectivity index (χ1) is 7.69. The molecule has 88 valence electrons. The van der Waals surface area contributed by atoms with E-state index in [2.05, 4.69) is 9.72 Å². The van der Waals surface area contributed by atoms with Crippen LogP contribution in [0.3, 0.4) is 0 Å². The standard InChI is InChI=1S/C11H15ClN2O2/c1-3-7-14(8-10(15)16-2)11-9(12)5-4-6-13-11/h4-6H,3,7-8H2,1-2H3. The third-order valence-electron chi connectivity index (χ3n) is 2.08. The number of nitrogens with zero attached hydrogens (tertiary/aromatic N) is 2. The van der Waals surface area contributed by atoms with Crippen molar-refractivity contribution in [3.8, 4) is 0 Å². The first-order valence-electron chi connectivity index (χ1n) is 5.11. The summed E-state index contributed by atoms with van der Waals surface area (Å²) in [6.45, 7) is 2.91. The van der Waals surface area contributed by atoms with Gasteiger partial charge in [-0.05, 0) is 18.6 Å². The van der Waals surface area contributed by atoms with Crippen LogP contribution in [0.2, 0.25) is 5.02 Å². The van der Waals surface area contributed by atoms with E-state index < -0.39 is 0 Å². The molecule has 0 radical (unpaired) electrons. The molecule has 0 saturated carbocycles. The molecule has 0 aliphatic heterocycles. The number of methoxy groups -OCH3 is 1. The van der Waals surface area contributed by atoms with Crippen LogP contribution in [0.15, 0.2) is 18.3 Å². The SMILES string of the molecule is CCCN(CC(=O)OC)c1ncccc1Cl. The molecule has 1 aromatic heterocycles. The van der Waals surface area contributed by atoms with Crippen LogP contribution in [0, 0.1) is 0 Å². The van der Waals surface area contributed by atoms with E-state index in [4.69, 9.17) is 11.6 Å². The van der Waals surface area contributed by atoms with Gasteiger partial charge < -0.3 is 9.64 Å². The summed E-state index contributed by atoms with van der Waals surface area (Å²) in [5.41, 5.74) is 0. The first kappa shape index (κ1) is 12.8. The van der Waals surface area contributed by atoms with Gasteiger partial charge in [-0.2, -0.15) is 0 Å². The Morgan fingerprint density at radius 3 is 2.94 bits per heavy atom. The monoisotopic (exact) mass is 242 g/mol. The Bertz CT molecular complexity index is 358. The smallest absolute Gasteiger partial charge is 0.325 e. The molecule has 1 rings (SSSR count). The molecule has 0 saturated heterocycles. The zero-order valence-electron chi connectivity index (χ0n) is 9.44. The molecule has 0 unspecified atom stereocenters. The molecule has 0 N–H and O–H groups in total. The van der Waals surface area contributed by atoms with Crippen LogP contribution < -0.4 is 4.90 Å². The fourth-order valence-electron chi connectivity index (χ4n) is 1.36. The van der Waals surface area contributed by atoms with E-state index >= 15 is 0 Å². The lowest BCUT2D eigenvalue weighted by Gasteiger charge is -2.22. The predicted molar refractivity (Wildman–Crippen MR) is 63.8 cm³/mol. The Hall–Kier alpha value is -1.29. The van der Waals surface area contributed by atoms with Gasteiger partial charge in [-0.3, -0.25) is 4.79 Å². The largest absolute Gasteiger partial charge is 0.468 e. The number of hydrogen-bond acceptors (Lipinski definition) is 4. The maximum absolute atomic E-state index is 11.2. The first-order valence-corrected chi connectivity index (χ1v) is 5.49. The van der Waals surface area contributed by atoms with Crippen molar-refractivity contribution in [2.45, 2.75) is 13.3 Å². The van der Waals surface area contributed by atoms with Gasteiger partial charge in [0.2, 0.25) is 0 Å². The zero-order chi connectivity index (χ0) is 12.0. The Kier molecular flexibility index (Phi) is 5.05. The van der Waals surface area contributed by atoms with Gasteiger partial charge in [0.25, 0.3) is 0 Å². The number of pyridine rings is 1.